The van der Waals surface area contributed by atoms with Crippen molar-refractivity contribution in [1.29, 1.82) is 0 Å². The maximum Gasteiger partial charge on any atom is 0.335 e. The van der Waals surface area contributed by atoms with E-state index in [0.29, 0.717) is 0 Å². The van der Waals surface area contributed by atoms with Gasteiger partial charge in [-0.05, 0) is 74.2 Å². The van der Waals surface area contributed by atoms with Gasteiger partial charge < -0.3 is 24.6 Å². The lowest BCUT2D eigenvalue weighted by atomic mass is 10.1. The molecular formula is C30H33N2O5P. The number of hydrogen-bond donors (Lipinski definition) is 2. The number of benzene rings is 3. The molecule has 198 valence electrons. The highest BCUT2D eigenvalue weighted by Gasteiger charge is 2.44. The first kappa shape index (κ1) is 26.1. The zero-order valence-electron chi connectivity index (χ0n) is 21.3. The third kappa shape index (κ3) is 5.21. The molecule has 2 heterocycles. The summed E-state index contributed by atoms with van der Waals surface area (Å²) in [5.74, 6) is -1.86. The second-order valence-corrected chi connectivity index (χ2v) is 13.6. The van der Waals surface area contributed by atoms with Gasteiger partial charge in [0, 0.05) is 54.2 Å². The van der Waals surface area contributed by atoms with Gasteiger partial charge in [-0.3, -0.25) is 0 Å². The van der Waals surface area contributed by atoms with Crippen LogP contribution in [0.2, 0.25) is 0 Å². The smallest absolute Gasteiger partial charge is 0.335 e. The number of rotatable bonds is 7. The van der Waals surface area contributed by atoms with Crippen LogP contribution < -0.4 is 15.1 Å². The molecule has 0 aromatic heterocycles. The summed E-state index contributed by atoms with van der Waals surface area (Å²) in [5.41, 5.74) is 2.80. The topological polar surface area (TPSA) is 98.2 Å². The van der Waals surface area contributed by atoms with Crippen molar-refractivity contribution in [3.63, 3.8) is 0 Å². The van der Waals surface area contributed by atoms with Gasteiger partial charge in [-0.25, -0.2) is 9.59 Å². The van der Waals surface area contributed by atoms with Crippen LogP contribution in [0.1, 0.15) is 46.4 Å². The number of anilines is 2. The molecule has 0 aliphatic carbocycles. The minimum Gasteiger partial charge on any atom is -0.478 e. The van der Waals surface area contributed by atoms with Crippen molar-refractivity contribution in [2.24, 2.45) is 0 Å². The van der Waals surface area contributed by atoms with Gasteiger partial charge in [0.15, 0.2) is 0 Å². The Hall–Kier alpha value is -3.57. The summed E-state index contributed by atoms with van der Waals surface area (Å²) in [5, 5.41) is 19.4. The van der Waals surface area contributed by atoms with Crippen LogP contribution in [-0.2, 0) is 4.57 Å². The van der Waals surface area contributed by atoms with E-state index >= 15 is 4.57 Å². The van der Waals surface area contributed by atoms with Gasteiger partial charge in [0.25, 0.3) is 0 Å². The molecule has 2 aliphatic heterocycles. The fraction of sp³-hybridized carbons (Fsp3) is 0.333. The van der Waals surface area contributed by atoms with Crippen molar-refractivity contribution in [1.82, 2.24) is 0 Å². The molecule has 2 aliphatic rings. The largest absolute Gasteiger partial charge is 0.478 e. The third-order valence-electron chi connectivity index (χ3n) is 8.13. The standard InChI is InChI=1S/C30H33N2O5P/c33-29(34)22-6-10-24(11-7-22)31-18-14-27(15-19-31)38(37,26-4-2-1-3-5-26)28-16-20-32(21-17-28)25-12-8-23(9-13-25)30(35)36/h1-13,27-28H,14-21H2,(H,33,34)(H,35,36). The van der Waals surface area contributed by atoms with Crippen molar-refractivity contribution >= 4 is 35.8 Å². The maximum absolute atomic E-state index is 15.1. The first-order valence-electron chi connectivity index (χ1n) is 13.2. The molecule has 0 spiro atoms. The molecule has 3 aromatic carbocycles. The van der Waals surface area contributed by atoms with E-state index in [2.05, 4.69) is 9.80 Å². The molecule has 2 N–H and O–H groups in total. The lowest BCUT2D eigenvalue weighted by molar-refractivity contribution is 0.0686. The molecule has 0 atom stereocenters. The number of aromatic carboxylic acids is 2. The van der Waals surface area contributed by atoms with Crippen LogP contribution in [0.25, 0.3) is 0 Å². The molecule has 0 radical (unpaired) electrons. The SMILES string of the molecule is O=C(O)c1ccc(N2CCC(P(=O)(c3ccccc3)C3CCN(c4ccc(C(=O)O)cc4)CC3)CC2)cc1. The predicted octanol–water partition coefficient (Wildman–Crippen LogP) is 5.41. The highest BCUT2D eigenvalue weighted by molar-refractivity contribution is 7.73. The molecule has 38 heavy (non-hydrogen) atoms. The fourth-order valence-corrected chi connectivity index (χ4v) is 10.1. The molecule has 8 heteroatoms. The second-order valence-electron chi connectivity index (χ2n) is 10.2. The first-order chi connectivity index (χ1) is 18.4. The summed E-state index contributed by atoms with van der Waals surface area (Å²) in [4.78, 5) is 26.9. The number of piperidine rings is 2. The molecule has 7 nitrogen and oxygen atoms in total. The Balaban J connectivity index is 1.30. The molecule has 0 saturated carbocycles. The van der Waals surface area contributed by atoms with Gasteiger partial charge in [-0.2, -0.15) is 0 Å². The molecule has 2 fully saturated rings. The third-order valence-corrected chi connectivity index (χ3v) is 12.4. The molecular weight excluding hydrogens is 499 g/mol. The number of nitrogens with zero attached hydrogens (tertiary/aromatic N) is 2. The van der Waals surface area contributed by atoms with E-state index in [-0.39, 0.29) is 22.4 Å². The van der Waals surface area contributed by atoms with Crippen molar-refractivity contribution in [2.45, 2.75) is 37.0 Å². The summed E-state index contributed by atoms with van der Waals surface area (Å²) in [7, 11) is -2.71. The summed E-state index contributed by atoms with van der Waals surface area (Å²) in [6, 6.07) is 24.0. The zero-order valence-corrected chi connectivity index (χ0v) is 22.2. The van der Waals surface area contributed by atoms with Crippen LogP contribution in [0.5, 0.6) is 0 Å². The van der Waals surface area contributed by atoms with Crippen LogP contribution in [0.4, 0.5) is 11.4 Å². The number of carbonyl (C=O) groups is 2. The van der Waals surface area contributed by atoms with Crippen molar-refractivity contribution in [3.05, 3.63) is 90.0 Å². The minimum atomic E-state index is -2.71. The van der Waals surface area contributed by atoms with Gasteiger partial charge in [0.1, 0.15) is 7.14 Å². The highest BCUT2D eigenvalue weighted by Crippen LogP contribution is 2.60. The van der Waals surface area contributed by atoms with Gasteiger partial charge in [-0.15, -0.1) is 0 Å². The minimum absolute atomic E-state index is 0.117. The van der Waals surface area contributed by atoms with E-state index in [1.807, 2.05) is 54.6 Å². The number of carboxylic acids is 2. The average molecular weight is 533 g/mol. The van der Waals surface area contributed by atoms with E-state index in [1.165, 1.54) is 0 Å². The van der Waals surface area contributed by atoms with Crippen molar-refractivity contribution < 1.29 is 24.4 Å². The average Bonchev–Trinajstić information content (AvgIpc) is 2.97. The second kappa shape index (κ2) is 11.0. The fourth-order valence-electron chi connectivity index (χ4n) is 6.03. The summed E-state index contributed by atoms with van der Waals surface area (Å²) >= 11 is 0. The van der Waals surface area contributed by atoms with Crippen LogP contribution >= 0.6 is 7.14 Å². The Labute approximate surface area is 223 Å². The summed E-state index contributed by atoms with van der Waals surface area (Å²) in [6.07, 6.45) is 3.35. The summed E-state index contributed by atoms with van der Waals surface area (Å²) in [6.45, 7) is 3.18. The summed E-state index contributed by atoms with van der Waals surface area (Å²) < 4.78 is 15.1. The van der Waals surface area contributed by atoms with Crippen LogP contribution in [0, 0.1) is 0 Å². The molecule has 0 amide bonds. The Morgan fingerprint density at radius 2 is 0.974 bits per heavy atom. The van der Waals surface area contributed by atoms with E-state index in [9.17, 15) is 19.8 Å². The maximum atomic E-state index is 15.1. The van der Waals surface area contributed by atoms with Crippen LogP contribution in [0.15, 0.2) is 78.9 Å². The molecule has 0 bridgehead atoms. The molecule has 2 saturated heterocycles. The Morgan fingerprint density at radius 1 is 0.605 bits per heavy atom. The van der Waals surface area contributed by atoms with Gasteiger partial charge in [0.05, 0.1) is 11.1 Å². The predicted molar refractivity (Wildman–Crippen MR) is 151 cm³/mol. The van der Waals surface area contributed by atoms with Gasteiger partial charge in [0.2, 0.25) is 0 Å². The highest BCUT2D eigenvalue weighted by atomic mass is 31.2. The van der Waals surface area contributed by atoms with Crippen LogP contribution in [0.3, 0.4) is 0 Å². The first-order valence-corrected chi connectivity index (χ1v) is 15.0. The van der Waals surface area contributed by atoms with E-state index in [0.717, 1.165) is 68.5 Å². The lowest BCUT2D eigenvalue weighted by Crippen LogP contribution is -2.42. The van der Waals surface area contributed by atoms with E-state index in [4.69, 9.17) is 0 Å². The monoisotopic (exact) mass is 532 g/mol. The van der Waals surface area contributed by atoms with Gasteiger partial charge >= 0.3 is 11.9 Å². The zero-order chi connectivity index (χ0) is 26.7. The van der Waals surface area contributed by atoms with E-state index in [1.54, 1.807) is 24.3 Å². The molecule has 5 rings (SSSR count). The quantitative estimate of drug-likeness (QED) is 0.393. The number of carboxylic acid groups (broad SMARTS) is 2. The van der Waals surface area contributed by atoms with Crippen LogP contribution in [-0.4, -0.2) is 59.6 Å². The Kier molecular flexibility index (Phi) is 7.57. The van der Waals surface area contributed by atoms with E-state index < -0.39 is 19.1 Å². The molecule has 3 aromatic rings. The molecule has 0 unspecified atom stereocenters. The number of hydrogen-bond acceptors (Lipinski definition) is 5. The lowest BCUT2D eigenvalue weighted by Gasteiger charge is -2.43. The van der Waals surface area contributed by atoms with Crippen molar-refractivity contribution in [2.75, 3.05) is 36.0 Å². The normalized spacial score (nSPS) is 17.4. The Morgan fingerprint density at radius 3 is 1.32 bits per heavy atom. The van der Waals surface area contributed by atoms with Gasteiger partial charge in [-0.1, -0.05) is 30.3 Å². The Bertz CT molecular complexity index is 1230. The van der Waals surface area contributed by atoms with Crippen molar-refractivity contribution in [3.8, 4) is 0 Å².